The van der Waals surface area contributed by atoms with Gasteiger partial charge in [0.15, 0.2) is 12.2 Å². The van der Waals surface area contributed by atoms with E-state index in [0.29, 0.717) is 5.89 Å². The van der Waals surface area contributed by atoms with Crippen molar-refractivity contribution < 1.29 is 13.3 Å². The molecule has 0 radical (unpaired) electrons. The Labute approximate surface area is 261 Å². The van der Waals surface area contributed by atoms with Crippen molar-refractivity contribution in [2.75, 3.05) is 14.1 Å². The molecule has 2 aromatic carbocycles. The van der Waals surface area contributed by atoms with Crippen molar-refractivity contribution in [2.45, 2.75) is 53.5 Å². The van der Waals surface area contributed by atoms with Gasteiger partial charge in [0.05, 0.1) is 24.7 Å². The van der Waals surface area contributed by atoms with Crippen LogP contribution in [0.5, 0.6) is 0 Å². The van der Waals surface area contributed by atoms with E-state index in [9.17, 15) is 0 Å². The summed E-state index contributed by atoms with van der Waals surface area (Å²) in [5.41, 5.74) is 15.9. The van der Waals surface area contributed by atoms with Crippen molar-refractivity contribution >= 4 is 0 Å². The first-order chi connectivity index (χ1) is 21.2. The number of oxazole rings is 2. The fourth-order valence-electron chi connectivity index (χ4n) is 4.00. The molecular formula is C36H47N5O3. The first-order valence-corrected chi connectivity index (χ1v) is 14.5. The highest BCUT2D eigenvalue weighted by atomic mass is 16.3. The molecule has 6 aromatic rings. The summed E-state index contributed by atoms with van der Waals surface area (Å²) in [7, 11) is 3.00. The van der Waals surface area contributed by atoms with Gasteiger partial charge in [-0.3, -0.25) is 0 Å². The van der Waals surface area contributed by atoms with E-state index < -0.39 is 0 Å². The first kappa shape index (κ1) is 35.5. The highest BCUT2D eigenvalue weighted by Gasteiger charge is 2.18. The van der Waals surface area contributed by atoms with E-state index in [0.717, 1.165) is 34.9 Å². The third kappa shape index (κ3) is 10.9. The van der Waals surface area contributed by atoms with Crippen LogP contribution in [0.15, 0.2) is 117 Å². The third-order valence-electron chi connectivity index (χ3n) is 6.34. The predicted octanol–water partition coefficient (Wildman–Crippen LogP) is 8.19. The zero-order valence-corrected chi connectivity index (χ0v) is 27.2. The molecule has 6 rings (SSSR count). The van der Waals surface area contributed by atoms with Gasteiger partial charge in [-0.15, -0.1) is 0 Å². The normalized spacial score (nSPS) is 10.1. The number of aryl methyl sites for hydroxylation is 3. The highest BCUT2D eigenvalue weighted by molar-refractivity contribution is 5.56. The van der Waals surface area contributed by atoms with E-state index in [4.69, 9.17) is 13.3 Å². The minimum absolute atomic E-state index is 0.0382. The monoisotopic (exact) mass is 597 g/mol. The molecule has 0 aliphatic carbocycles. The van der Waals surface area contributed by atoms with Gasteiger partial charge < -0.3 is 29.3 Å². The summed E-state index contributed by atoms with van der Waals surface area (Å²) >= 11 is 0. The summed E-state index contributed by atoms with van der Waals surface area (Å²) in [5, 5.41) is 0. The van der Waals surface area contributed by atoms with E-state index >= 15 is 0 Å². The van der Waals surface area contributed by atoms with Crippen molar-refractivity contribution in [3.05, 3.63) is 132 Å². The van der Waals surface area contributed by atoms with Crippen molar-refractivity contribution in [1.29, 1.82) is 0 Å². The van der Waals surface area contributed by atoms with Crippen LogP contribution in [-0.4, -0.2) is 28.6 Å². The minimum Gasteiger partial charge on any atom is -0.467 e. The smallest absolute Gasteiger partial charge is 0.226 e. The Kier molecular flexibility index (Phi) is 14.6. The van der Waals surface area contributed by atoms with Crippen molar-refractivity contribution in [3.8, 4) is 22.8 Å². The number of hydrogen-bond acceptors (Lipinski definition) is 7. The number of nitrogens with two attached hydrogens (primary N) is 2. The second-order valence-corrected chi connectivity index (χ2v) is 10.7. The summed E-state index contributed by atoms with van der Waals surface area (Å²) in [4.78, 5) is 8.35. The molecule has 0 fully saturated rings. The number of rotatable bonds is 4. The predicted molar refractivity (Wildman–Crippen MR) is 179 cm³/mol. The molecule has 8 nitrogen and oxygen atoms in total. The largest absolute Gasteiger partial charge is 0.467 e. The Balaban J connectivity index is 0.000000219. The lowest BCUT2D eigenvalue weighted by Gasteiger charge is -2.12. The fraction of sp³-hybridized carbons (Fsp3) is 0.278. The van der Waals surface area contributed by atoms with E-state index in [1.807, 2.05) is 54.6 Å². The van der Waals surface area contributed by atoms with E-state index in [2.05, 4.69) is 91.8 Å². The molecular weight excluding hydrogens is 550 g/mol. The average Bonchev–Trinajstić information content (AvgIpc) is 3.87. The lowest BCUT2D eigenvalue weighted by atomic mass is 9.93. The topological polar surface area (TPSA) is 122 Å². The summed E-state index contributed by atoms with van der Waals surface area (Å²) in [6.45, 7) is 13.5. The van der Waals surface area contributed by atoms with Gasteiger partial charge in [-0.1, -0.05) is 62.7 Å². The molecule has 4 heterocycles. The summed E-state index contributed by atoms with van der Waals surface area (Å²) in [5.74, 6) is 2.52. The molecule has 0 spiro atoms. The molecule has 4 N–H and O–H groups in total. The molecule has 0 unspecified atom stereocenters. The number of hydrogen-bond donors (Lipinski definition) is 2. The molecule has 0 aliphatic heterocycles. The quantitative estimate of drug-likeness (QED) is 0.210. The molecule has 8 heteroatoms. The number of aromatic nitrogens is 3. The van der Waals surface area contributed by atoms with Crippen LogP contribution in [-0.2, 0) is 12.0 Å². The SMILES string of the molecule is CC(C)(C)c1coc(-c2ccccc2)n1.CN.CN.Cc1ccc(C)n1Cc1ccco1.Cc1cccc(-c2cnco2)c1. The Hall–Kier alpha value is -4.66. The van der Waals surface area contributed by atoms with Gasteiger partial charge in [0.25, 0.3) is 0 Å². The van der Waals surface area contributed by atoms with E-state index in [1.54, 1.807) is 18.7 Å². The fourth-order valence-corrected chi connectivity index (χ4v) is 4.00. The molecule has 4 aromatic heterocycles. The van der Waals surface area contributed by atoms with Crippen LogP contribution in [0.2, 0.25) is 0 Å². The molecule has 44 heavy (non-hydrogen) atoms. The summed E-state index contributed by atoms with van der Waals surface area (Å²) < 4.78 is 18.2. The second-order valence-electron chi connectivity index (χ2n) is 10.7. The van der Waals surface area contributed by atoms with Crippen LogP contribution in [0.25, 0.3) is 22.8 Å². The van der Waals surface area contributed by atoms with Crippen LogP contribution >= 0.6 is 0 Å². The van der Waals surface area contributed by atoms with Crippen LogP contribution in [0.3, 0.4) is 0 Å². The summed E-state index contributed by atoms with van der Waals surface area (Å²) in [6.07, 6.45) is 6.61. The minimum atomic E-state index is 0.0382. The van der Waals surface area contributed by atoms with E-state index in [-0.39, 0.29) is 5.41 Å². The van der Waals surface area contributed by atoms with Gasteiger partial charge in [-0.25, -0.2) is 9.97 Å². The second kappa shape index (κ2) is 18.1. The number of nitrogens with zero attached hydrogens (tertiary/aromatic N) is 3. The Bertz CT molecular complexity index is 1560. The number of furan rings is 1. The van der Waals surface area contributed by atoms with Gasteiger partial charge >= 0.3 is 0 Å². The summed E-state index contributed by atoms with van der Waals surface area (Å²) in [6, 6.07) is 26.3. The van der Waals surface area contributed by atoms with Crippen molar-refractivity contribution in [2.24, 2.45) is 11.5 Å². The van der Waals surface area contributed by atoms with Gasteiger partial charge in [-0.2, -0.15) is 0 Å². The average molecular weight is 598 g/mol. The van der Waals surface area contributed by atoms with Crippen LogP contribution < -0.4 is 11.5 Å². The van der Waals surface area contributed by atoms with Crippen molar-refractivity contribution in [1.82, 2.24) is 14.5 Å². The van der Waals surface area contributed by atoms with Crippen LogP contribution in [0.1, 0.15) is 49.2 Å². The van der Waals surface area contributed by atoms with Crippen LogP contribution in [0, 0.1) is 20.8 Å². The molecule has 0 saturated heterocycles. The Morgan fingerprint density at radius 3 is 1.91 bits per heavy atom. The van der Waals surface area contributed by atoms with Gasteiger partial charge in [0.1, 0.15) is 12.0 Å². The zero-order chi connectivity index (χ0) is 32.5. The van der Waals surface area contributed by atoms with Crippen LogP contribution in [0.4, 0.5) is 0 Å². The third-order valence-corrected chi connectivity index (χ3v) is 6.34. The molecule has 0 atom stereocenters. The standard InChI is InChI=1S/C13H15NO.C11H13NO.C10H9NO.2CH5N/c1-13(2,3)11-9-15-12(14-11)10-7-5-4-6-8-10;1-9-5-6-10(2)12(9)8-11-4-3-7-13-11;1-8-3-2-4-9(5-8)10-6-11-7-12-10;2*1-2/h4-9H,1-3H3;3-7H,8H2,1-2H3;2-7H,1H3;2*2H2,1H3. The van der Waals surface area contributed by atoms with Gasteiger partial charge in [0.2, 0.25) is 5.89 Å². The first-order valence-electron chi connectivity index (χ1n) is 14.5. The molecule has 0 bridgehead atoms. The van der Waals surface area contributed by atoms with Crippen molar-refractivity contribution in [3.63, 3.8) is 0 Å². The lowest BCUT2D eigenvalue weighted by molar-refractivity contribution is 0.489. The molecule has 0 saturated carbocycles. The zero-order valence-electron chi connectivity index (χ0n) is 27.2. The highest BCUT2D eigenvalue weighted by Crippen LogP contribution is 2.25. The maximum atomic E-state index is 5.47. The molecule has 0 aliphatic rings. The maximum absolute atomic E-state index is 5.47. The van der Waals surface area contributed by atoms with E-state index in [1.165, 1.54) is 37.4 Å². The Morgan fingerprint density at radius 1 is 0.727 bits per heavy atom. The molecule has 0 amide bonds. The lowest BCUT2D eigenvalue weighted by Crippen LogP contribution is -2.11. The Morgan fingerprint density at radius 2 is 1.39 bits per heavy atom. The van der Waals surface area contributed by atoms with Gasteiger partial charge in [-0.05, 0) is 77.3 Å². The van der Waals surface area contributed by atoms with Gasteiger partial charge in [0, 0.05) is 27.9 Å². The number of benzene rings is 2. The molecule has 234 valence electrons. The maximum Gasteiger partial charge on any atom is 0.226 e.